The highest BCUT2D eigenvalue weighted by atomic mass is 79.9. The van der Waals surface area contributed by atoms with Gasteiger partial charge < -0.3 is 10.2 Å². The van der Waals surface area contributed by atoms with E-state index in [0.29, 0.717) is 12.0 Å². The van der Waals surface area contributed by atoms with Crippen LogP contribution in [-0.2, 0) is 11.8 Å². The van der Waals surface area contributed by atoms with Crippen molar-refractivity contribution < 1.29 is 14.6 Å². The molecule has 0 unspecified atom stereocenters. The number of hydrogen-bond donors (Lipinski definition) is 2. The lowest BCUT2D eigenvalue weighted by atomic mass is 9.77. The zero-order valence-electron chi connectivity index (χ0n) is 11.2. The standard InChI is InChI=1S/C16H15BrClFO2/c17-13-4-2-1-3-12(13)16(9-20,10-21)8-11-5-6-14(18)15(19)7-11/h1-7,20-21H,8-10H2. The molecule has 112 valence electrons. The van der Waals surface area contributed by atoms with Gasteiger partial charge in [-0.1, -0.05) is 51.8 Å². The van der Waals surface area contributed by atoms with Crippen molar-refractivity contribution in [3.8, 4) is 0 Å². The first-order chi connectivity index (χ1) is 10.0. The molecule has 0 bridgehead atoms. The fourth-order valence-electron chi connectivity index (χ4n) is 2.36. The Morgan fingerprint density at radius 2 is 1.76 bits per heavy atom. The summed E-state index contributed by atoms with van der Waals surface area (Å²) in [5, 5.41) is 19.7. The Balaban J connectivity index is 2.43. The predicted octanol–water partition coefficient (Wildman–Crippen LogP) is 3.71. The lowest BCUT2D eigenvalue weighted by molar-refractivity contribution is 0.115. The fraction of sp³-hybridized carbons (Fsp3) is 0.250. The smallest absolute Gasteiger partial charge is 0.142 e. The van der Waals surface area contributed by atoms with Crippen LogP contribution in [0, 0.1) is 5.82 Å². The van der Waals surface area contributed by atoms with Crippen molar-refractivity contribution in [2.75, 3.05) is 13.2 Å². The molecule has 0 aliphatic carbocycles. The summed E-state index contributed by atoms with van der Waals surface area (Å²) in [5.74, 6) is -0.508. The number of aliphatic hydroxyl groups excluding tert-OH is 2. The zero-order valence-corrected chi connectivity index (χ0v) is 13.5. The van der Waals surface area contributed by atoms with Gasteiger partial charge in [0.2, 0.25) is 0 Å². The molecule has 0 spiro atoms. The topological polar surface area (TPSA) is 40.5 Å². The molecule has 2 nitrogen and oxygen atoms in total. The molecular weight excluding hydrogens is 359 g/mol. The normalized spacial score (nSPS) is 11.7. The number of hydrogen-bond acceptors (Lipinski definition) is 2. The summed E-state index contributed by atoms with van der Waals surface area (Å²) in [5.41, 5.74) is 0.557. The van der Waals surface area contributed by atoms with E-state index < -0.39 is 11.2 Å². The van der Waals surface area contributed by atoms with E-state index in [9.17, 15) is 14.6 Å². The van der Waals surface area contributed by atoms with E-state index in [4.69, 9.17) is 11.6 Å². The highest BCUT2D eigenvalue weighted by molar-refractivity contribution is 9.10. The lowest BCUT2D eigenvalue weighted by Crippen LogP contribution is -2.37. The summed E-state index contributed by atoms with van der Waals surface area (Å²) >= 11 is 9.12. The maximum atomic E-state index is 13.6. The molecule has 0 amide bonds. The minimum atomic E-state index is -0.889. The molecule has 0 aliphatic rings. The molecule has 2 rings (SSSR count). The highest BCUT2D eigenvalue weighted by Gasteiger charge is 2.33. The van der Waals surface area contributed by atoms with Gasteiger partial charge >= 0.3 is 0 Å². The molecule has 2 N–H and O–H groups in total. The van der Waals surface area contributed by atoms with Crippen LogP contribution < -0.4 is 0 Å². The van der Waals surface area contributed by atoms with Crippen molar-refractivity contribution >= 4 is 27.5 Å². The monoisotopic (exact) mass is 372 g/mol. The molecule has 0 aromatic heterocycles. The minimum Gasteiger partial charge on any atom is -0.395 e. The highest BCUT2D eigenvalue weighted by Crippen LogP contribution is 2.33. The molecule has 2 aromatic rings. The Morgan fingerprint density at radius 3 is 2.33 bits per heavy atom. The van der Waals surface area contributed by atoms with E-state index in [0.717, 1.165) is 10.0 Å². The van der Waals surface area contributed by atoms with Crippen LogP contribution in [0.3, 0.4) is 0 Å². The van der Waals surface area contributed by atoms with Gasteiger partial charge in [0.05, 0.1) is 18.2 Å². The molecule has 0 heterocycles. The molecule has 0 atom stereocenters. The maximum Gasteiger partial charge on any atom is 0.142 e. The quantitative estimate of drug-likeness (QED) is 0.839. The average molecular weight is 374 g/mol. The van der Waals surface area contributed by atoms with E-state index in [-0.39, 0.29) is 18.2 Å². The van der Waals surface area contributed by atoms with Gasteiger partial charge in [-0.25, -0.2) is 4.39 Å². The summed E-state index contributed by atoms with van der Waals surface area (Å²) in [4.78, 5) is 0. The van der Waals surface area contributed by atoms with E-state index >= 15 is 0 Å². The van der Waals surface area contributed by atoms with Gasteiger partial charge in [0, 0.05) is 9.89 Å². The number of rotatable bonds is 5. The summed E-state index contributed by atoms with van der Waals surface area (Å²) in [6.45, 7) is -0.507. The van der Waals surface area contributed by atoms with Crippen molar-refractivity contribution in [2.45, 2.75) is 11.8 Å². The van der Waals surface area contributed by atoms with Crippen LogP contribution in [0.15, 0.2) is 46.9 Å². The van der Waals surface area contributed by atoms with Gasteiger partial charge in [-0.05, 0) is 35.7 Å². The van der Waals surface area contributed by atoms with Crippen LogP contribution in [0.1, 0.15) is 11.1 Å². The Bertz CT molecular complexity index is 629. The number of aliphatic hydroxyl groups is 2. The summed E-state index contributed by atoms with van der Waals surface area (Å²) < 4.78 is 14.4. The lowest BCUT2D eigenvalue weighted by Gasteiger charge is -2.31. The van der Waals surface area contributed by atoms with E-state index in [2.05, 4.69) is 15.9 Å². The molecule has 0 fully saturated rings. The first-order valence-electron chi connectivity index (χ1n) is 6.43. The van der Waals surface area contributed by atoms with Crippen LogP contribution in [0.25, 0.3) is 0 Å². The largest absolute Gasteiger partial charge is 0.395 e. The average Bonchev–Trinajstić information content (AvgIpc) is 2.49. The predicted molar refractivity (Wildman–Crippen MR) is 85.1 cm³/mol. The second-order valence-corrected chi connectivity index (χ2v) is 6.26. The number of benzene rings is 2. The minimum absolute atomic E-state index is 0.0539. The molecule has 0 saturated heterocycles. The summed E-state index contributed by atoms with van der Waals surface area (Å²) in [7, 11) is 0. The molecular formula is C16H15BrClFO2. The summed E-state index contributed by atoms with van der Waals surface area (Å²) in [6.07, 6.45) is 0.302. The van der Waals surface area contributed by atoms with Crippen LogP contribution in [-0.4, -0.2) is 23.4 Å². The third kappa shape index (κ3) is 3.46. The summed E-state index contributed by atoms with van der Waals surface area (Å²) in [6, 6.07) is 11.9. The van der Waals surface area contributed by atoms with Gasteiger partial charge in [0.15, 0.2) is 0 Å². The van der Waals surface area contributed by atoms with Crippen molar-refractivity contribution in [1.82, 2.24) is 0 Å². The van der Waals surface area contributed by atoms with Crippen LogP contribution in [0.2, 0.25) is 5.02 Å². The van der Waals surface area contributed by atoms with Crippen molar-refractivity contribution in [3.05, 3.63) is 68.9 Å². The fourth-order valence-corrected chi connectivity index (χ4v) is 3.18. The zero-order chi connectivity index (χ0) is 15.5. The van der Waals surface area contributed by atoms with Gasteiger partial charge in [-0.3, -0.25) is 0 Å². The van der Waals surface area contributed by atoms with Gasteiger partial charge in [-0.15, -0.1) is 0 Å². The maximum absolute atomic E-state index is 13.6. The Labute approximate surface area is 136 Å². The van der Waals surface area contributed by atoms with Crippen molar-refractivity contribution in [1.29, 1.82) is 0 Å². The third-order valence-electron chi connectivity index (χ3n) is 3.58. The second kappa shape index (κ2) is 6.88. The third-order valence-corrected chi connectivity index (χ3v) is 4.58. The number of halogens is 3. The molecule has 5 heteroatoms. The first kappa shape index (κ1) is 16.4. The Kier molecular flexibility index (Phi) is 5.38. The van der Waals surface area contributed by atoms with Crippen molar-refractivity contribution in [2.24, 2.45) is 0 Å². The SMILES string of the molecule is OCC(CO)(Cc1ccc(Cl)c(F)c1)c1ccccc1Br. The van der Waals surface area contributed by atoms with Crippen LogP contribution >= 0.6 is 27.5 Å². The van der Waals surface area contributed by atoms with E-state index in [1.807, 2.05) is 24.3 Å². The molecule has 2 aromatic carbocycles. The van der Waals surface area contributed by atoms with E-state index in [1.165, 1.54) is 12.1 Å². The molecule has 21 heavy (non-hydrogen) atoms. The van der Waals surface area contributed by atoms with Crippen LogP contribution in [0.4, 0.5) is 4.39 Å². The Morgan fingerprint density at radius 1 is 1.10 bits per heavy atom. The molecule has 0 aliphatic heterocycles. The Hall–Kier alpha value is -0.940. The van der Waals surface area contributed by atoms with E-state index in [1.54, 1.807) is 6.07 Å². The molecule has 0 radical (unpaired) electrons. The van der Waals surface area contributed by atoms with Gasteiger partial charge in [-0.2, -0.15) is 0 Å². The van der Waals surface area contributed by atoms with Crippen LogP contribution in [0.5, 0.6) is 0 Å². The van der Waals surface area contributed by atoms with Gasteiger partial charge in [0.1, 0.15) is 5.82 Å². The first-order valence-corrected chi connectivity index (χ1v) is 7.60. The molecule has 0 saturated carbocycles. The second-order valence-electron chi connectivity index (χ2n) is 5.00. The van der Waals surface area contributed by atoms with Crippen molar-refractivity contribution in [3.63, 3.8) is 0 Å². The van der Waals surface area contributed by atoms with Gasteiger partial charge in [0.25, 0.3) is 0 Å².